The molecule has 0 aliphatic carbocycles. The van der Waals surface area contributed by atoms with E-state index < -0.39 is 12.0 Å². The van der Waals surface area contributed by atoms with Gasteiger partial charge in [-0.2, -0.15) is 5.26 Å². The first-order valence-electron chi connectivity index (χ1n) is 12.1. The van der Waals surface area contributed by atoms with Crippen LogP contribution in [-0.4, -0.2) is 35.1 Å². The van der Waals surface area contributed by atoms with Crippen molar-refractivity contribution in [1.29, 1.82) is 5.26 Å². The van der Waals surface area contributed by atoms with Crippen molar-refractivity contribution in [2.45, 2.75) is 32.7 Å². The lowest BCUT2D eigenvalue weighted by molar-refractivity contribution is 0.0696. The Hall–Kier alpha value is -4.15. The highest BCUT2D eigenvalue weighted by Crippen LogP contribution is 2.29. The van der Waals surface area contributed by atoms with E-state index in [1.54, 1.807) is 43.3 Å². The van der Waals surface area contributed by atoms with Crippen molar-refractivity contribution >= 4 is 23.4 Å². The molecule has 0 radical (unpaired) electrons. The molecule has 1 heterocycles. The van der Waals surface area contributed by atoms with Crippen molar-refractivity contribution in [2.24, 2.45) is 5.92 Å². The number of hydrogen-bond donors (Lipinski definition) is 3. The normalized spacial score (nSPS) is 14.1. The molecule has 1 aliphatic heterocycles. The Morgan fingerprint density at radius 3 is 2.47 bits per heavy atom. The number of nitriles is 1. The lowest BCUT2D eigenvalue weighted by Gasteiger charge is -2.32. The van der Waals surface area contributed by atoms with E-state index >= 15 is 0 Å². The van der Waals surface area contributed by atoms with E-state index in [1.807, 2.05) is 12.1 Å². The summed E-state index contributed by atoms with van der Waals surface area (Å²) in [5.74, 6) is -0.390. The van der Waals surface area contributed by atoms with Crippen molar-refractivity contribution in [2.75, 3.05) is 23.7 Å². The van der Waals surface area contributed by atoms with Crippen molar-refractivity contribution in [3.63, 3.8) is 0 Å². The quantitative estimate of drug-likeness (QED) is 0.403. The molecule has 36 heavy (non-hydrogen) atoms. The van der Waals surface area contributed by atoms with Gasteiger partial charge in [0.25, 0.3) is 0 Å². The van der Waals surface area contributed by atoms with Crippen LogP contribution in [0.3, 0.4) is 0 Å². The summed E-state index contributed by atoms with van der Waals surface area (Å²) >= 11 is 0. The number of benzene rings is 3. The highest BCUT2D eigenvalue weighted by Gasteiger charge is 2.22. The van der Waals surface area contributed by atoms with Crippen LogP contribution in [0.5, 0.6) is 0 Å². The molecule has 3 N–H and O–H groups in total. The highest BCUT2D eigenvalue weighted by atomic mass is 16.4. The first kappa shape index (κ1) is 25.0. The zero-order valence-electron chi connectivity index (χ0n) is 20.3. The summed E-state index contributed by atoms with van der Waals surface area (Å²) in [5.41, 5.74) is 4.35. The standard InChI is InChI=1S/C29H30N4O3/c1-20-26(28(34)35)11-10-24(27(20)32-29(36)31-25-9-5-8-23(17-25)18-30)19-33-14-12-22(13-15-33)16-21-6-3-2-4-7-21/h2-11,17,22H,12-16,19H2,1H3,(H,34,35)(H2,31,32,36). The smallest absolute Gasteiger partial charge is 0.336 e. The zero-order valence-corrected chi connectivity index (χ0v) is 20.3. The minimum atomic E-state index is -1.04. The van der Waals surface area contributed by atoms with Gasteiger partial charge in [0.2, 0.25) is 0 Å². The molecule has 184 valence electrons. The van der Waals surface area contributed by atoms with Crippen molar-refractivity contribution in [3.05, 3.63) is 94.5 Å². The monoisotopic (exact) mass is 482 g/mol. The first-order chi connectivity index (χ1) is 17.4. The number of carbonyl (C=O) groups excluding carboxylic acids is 1. The molecule has 2 amide bonds. The van der Waals surface area contributed by atoms with Crippen LogP contribution in [0.25, 0.3) is 0 Å². The van der Waals surface area contributed by atoms with Crippen LogP contribution in [0.15, 0.2) is 66.7 Å². The molecule has 4 rings (SSSR count). The molecule has 0 spiro atoms. The number of carbonyl (C=O) groups is 2. The summed E-state index contributed by atoms with van der Waals surface area (Å²) in [6, 6.07) is 22.1. The molecule has 0 unspecified atom stereocenters. The second kappa shape index (κ2) is 11.5. The van der Waals surface area contributed by atoms with E-state index in [2.05, 4.69) is 39.8 Å². The second-order valence-corrected chi connectivity index (χ2v) is 9.26. The number of carboxylic acid groups (broad SMARTS) is 1. The van der Waals surface area contributed by atoms with Crippen molar-refractivity contribution in [3.8, 4) is 6.07 Å². The maximum Gasteiger partial charge on any atom is 0.336 e. The Labute approximate surface area is 211 Å². The number of carboxylic acids is 1. The van der Waals surface area contributed by atoms with Crippen LogP contribution in [0.2, 0.25) is 0 Å². The van der Waals surface area contributed by atoms with Gasteiger partial charge in [-0.05, 0) is 86.1 Å². The third-order valence-electron chi connectivity index (χ3n) is 6.74. The predicted molar refractivity (Wildman–Crippen MR) is 140 cm³/mol. The number of aromatic carboxylic acids is 1. The average molecular weight is 483 g/mol. The second-order valence-electron chi connectivity index (χ2n) is 9.26. The van der Waals surface area contributed by atoms with Crippen LogP contribution >= 0.6 is 0 Å². The van der Waals surface area contributed by atoms with Crippen LogP contribution in [-0.2, 0) is 13.0 Å². The van der Waals surface area contributed by atoms with Gasteiger partial charge in [0, 0.05) is 12.2 Å². The minimum Gasteiger partial charge on any atom is -0.478 e. The van der Waals surface area contributed by atoms with Gasteiger partial charge < -0.3 is 15.7 Å². The van der Waals surface area contributed by atoms with E-state index in [0.29, 0.717) is 35.0 Å². The van der Waals surface area contributed by atoms with Crippen molar-refractivity contribution in [1.82, 2.24) is 4.90 Å². The molecular weight excluding hydrogens is 452 g/mol. The number of likely N-dealkylation sites (tertiary alicyclic amines) is 1. The Morgan fingerprint density at radius 1 is 1.03 bits per heavy atom. The summed E-state index contributed by atoms with van der Waals surface area (Å²) in [4.78, 5) is 26.9. The van der Waals surface area contributed by atoms with Crippen molar-refractivity contribution < 1.29 is 14.7 Å². The maximum atomic E-state index is 12.8. The number of amides is 2. The molecule has 1 aliphatic rings. The third-order valence-corrected chi connectivity index (χ3v) is 6.74. The number of rotatable bonds is 7. The Morgan fingerprint density at radius 2 is 1.78 bits per heavy atom. The van der Waals surface area contributed by atoms with Gasteiger partial charge >= 0.3 is 12.0 Å². The fourth-order valence-corrected chi connectivity index (χ4v) is 4.78. The lowest BCUT2D eigenvalue weighted by atomic mass is 9.90. The molecule has 0 aromatic heterocycles. The van der Waals surface area contributed by atoms with Gasteiger partial charge in [0.05, 0.1) is 22.9 Å². The molecule has 7 nitrogen and oxygen atoms in total. The maximum absolute atomic E-state index is 12.8. The molecule has 7 heteroatoms. The topological polar surface area (TPSA) is 105 Å². The van der Waals surface area contributed by atoms with Gasteiger partial charge in [0.1, 0.15) is 0 Å². The van der Waals surface area contributed by atoms with Gasteiger partial charge in [-0.3, -0.25) is 4.90 Å². The number of nitrogens with one attached hydrogen (secondary N) is 2. The summed E-state index contributed by atoms with van der Waals surface area (Å²) in [7, 11) is 0. The summed E-state index contributed by atoms with van der Waals surface area (Å²) in [5, 5.41) is 24.3. The number of nitrogens with zero attached hydrogens (tertiary/aromatic N) is 2. The van der Waals surface area contributed by atoms with Gasteiger partial charge in [-0.1, -0.05) is 42.5 Å². The molecule has 0 saturated carbocycles. The molecule has 3 aromatic rings. The third kappa shape index (κ3) is 6.29. The zero-order chi connectivity index (χ0) is 25.5. The number of hydrogen-bond acceptors (Lipinski definition) is 4. The SMILES string of the molecule is Cc1c(C(=O)O)ccc(CN2CCC(Cc3ccccc3)CC2)c1NC(=O)Nc1cccc(C#N)c1. The van der Waals surface area contributed by atoms with E-state index in [4.69, 9.17) is 5.26 Å². The summed E-state index contributed by atoms with van der Waals surface area (Å²) in [6.07, 6.45) is 3.28. The lowest BCUT2D eigenvalue weighted by Crippen LogP contribution is -2.34. The molecular formula is C29H30N4O3. The fraction of sp³-hybridized carbons (Fsp3) is 0.276. The Kier molecular flexibility index (Phi) is 7.99. The number of anilines is 2. The van der Waals surface area contributed by atoms with Crippen LogP contribution in [0.1, 0.15) is 45.5 Å². The molecule has 1 saturated heterocycles. The largest absolute Gasteiger partial charge is 0.478 e. The number of urea groups is 1. The molecule has 3 aromatic carbocycles. The van der Waals surface area contributed by atoms with E-state index in [1.165, 1.54) is 5.56 Å². The van der Waals surface area contributed by atoms with Gasteiger partial charge in [0.15, 0.2) is 0 Å². The Balaban J connectivity index is 1.45. The van der Waals surface area contributed by atoms with Gasteiger partial charge in [-0.15, -0.1) is 0 Å². The minimum absolute atomic E-state index is 0.155. The summed E-state index contributed by atoms with van der Waals surface area (Å²) in [6.45, 7) is 4.23. The van der Waals surface area contributed by atoms with Crippen LogP contribution in [0, 0.1) is 24.2 Å². The number of piperidine rings is 1. The highest BCUT2D eigenvalue weighted by molar-refractivity contribution is 6.02. The van der Waals surface area contributed by atoms with Crippen LogP contribution < -0.4 is 10.6 Å². The molecule has 1 fully saturated rings. The van der Waals surface area contributed by atoms with E-state index in [-0.39, 0.29) is 5.56 Å². The Bertz CT molecular complexity index is 1280. The van der Waals surface area contributed by atoms with E-state index in [9.17, 15) is 14.7 Å². The first-order valence-corrected chi connectivity index (χ1v) is 12.1. The molecule has 0 atom stereocenters. The van der Waals surface area contributed by atoms with Crippen LogP contribution in [0.4, 0.5) is 16.2 Å². The van der Waals surface area contributed by atoms with Gasteiger partial charge in [-0.25, -0.2) is 9.59 Å². The van der Waals surface area contributed by atoms with E-state index in [0.717, 1.165) is 37.9 Å². The average Bonchev–Trinajstić information content (AvgIpc) is 2.88. The predicted octanol–water partition coefficient (Wildman–Crippen LogP) is 5.66. The fourth-order valence-electron chi connectivity index (χ4n) is 4.78. The molecule has 0 bridgehead atoms. The summed E-state index contributed by atoms with van der Waals surface area (Å²) < 4.78 is 0.